The molecular weight excluding hydrogens is 227 g/mol. The van der Waals surface area contributed by atoms with E-state index in [1.54, 1.807) is 0 Å². The number of nitrogens with two attached hydrogens (primary N) is 1. The van der Waals surface area contributed by atoms with Crippen LogP contribution in [0.2, 0.25) is 0 Å². The van der Waals surface area contributed by atoms with Crippen molar-refractivity contribution in [3.63, 3.8) is 0 Å². The van der Waals surface area contributed by atoms with Gasteiger partial charge in [-0.3, -0.25) is 11.3 Å². The molecule has 0 aromatic heterocycles. The Labute approximate surface area is 108 Å². The van der Waals surface area contributed by atoms with E-state index in [1.165, 1.54) is 37.0 Å². The van der Waals surface area contributed by atoms with Crippen molar-refractivity contribution < 1.29 is 4.39 Å². The highest BCUT2D eigenvalue weighted by Crippen LogP contribution is 2.21. The summed E-state index contributed by atoms with van der Waals surface area (Å²) < 4.78 is 12.9. The van der Waals surface area contributed by atoms with Crippen LogP contribution in [-0.4, -0.2) is 6.04 Å². The standard InChI is InChI=1S/C15H21FN2/c16-14-9-7-12(8-10-14)11-15(18-17)13-5-3-1-2-4-6-13/h5,7-10,15,18H,1-4,6,11,17H2. The van der Waals surface area contributed by atoms with E-state index >= 15 is 0 Å². The lowest BCUT2D eigenvalue weighted by molar-refractivity contribution is 0.563. The molecule has 3 heteroatoms. The second kappa shape index (κ2) is 6.66. The van der Waals surface area contributed by atoms with E-state index in [9.17, 15) is 4.39 Å². The maximum Gasteiger partial charge on any atom is 0.123 e. The van der Waals surface area contributed by atoms with Crippen LogP contribution in [0.3, 0.4) is 0 Å². The molecule has 1 aliphatic carbocycles. The second-order valence-corrected chi connectivity index (χ2v) is 4.93. The summed E-state index contributed by atoms with van der Waals surface area (Å²) in [6, 6.07) is 6.84. The van der Waals surface area contributed by atoms with E-state index in [0.29, 0.717) is 0 Å². The van der Waals surface area contributed by atoms with Gasteiger partial charge in [0.1, 0.15) is 5.82 Å². The molecule has 1 aromatic carbocycles. The normalized spacial score (nSPS) is 18.0. The minimum absolute atomic E-state index is 0.175. The Bertz CT molecular complexity index is 397. The minimum atomic E-state index is -0.190. The summed E-state index contributed by atoms with van der Waals surface area (Å²) in [7, 11) is 0. The summed E-state index contributed by atoms with van der Waals surface area (Å²) >= 11 is 0. The summed E-state index contributed by atoms with van der Waals surface area (Å²) in [4.78, 5) is 0. The van der Waals surface area contributed by atoms with E-state index in [2.05, 4.69) is 11.5 Å². The number of hydrogen-bond acceptors (Lipinski definition) is 2. The number of hydrazine groups is 1. The zero-order valence-electron chi connectivity index (χ0n) is 10.7. The van der Waals surface area contributed by atoms with Gasteiger partial charge in [0, 0.05) is 6.04 Å². The zero-order chi connectivity index (χ0) is 12.8. The smallest absolute Gasteiger partial charge is 0.123 e. The average Bonchev–Trinajstić information content (AvgIpc) is 2.67. The average molecular weight is 248 g/mol. The largest absolute Gasteiger partial charge is 0.271 e. The molecule has 0 saturated carbocycles. The van der Waals surface area contributed by atoms with Gasteiger partial charge in [0.2, 0.25) is 0 Å². The number of nitrogens with one attached hydrogen (secondary N) is 1. The monoisotopic (exact) mass is 248 g/mol. The molecule has 0 bridgehead atoms. The molecule has 0 fully saturated rings. The first kappa shape index (κ1) is 13.2. The third kappa shape index (κ3) is 3.65. The molecule has 0 radical (unpaired) electrons. The molecule has 1 atom stereocenters. The van der Waals surface area contributed by atoms with Crippen molar-refractivity contribution in [2.24, 2.45) is 5.84 Å². The van der Waals surface area contributed by atoms with Crippen LogP contribution in [-0.2, 0) is 6.42 Å². The first-order chi connectivity index (χ1) is 8.79. The molecule has 18 heavy (non-hydrogen) atoms. The first-order valence-corrected chi connectivity index (χ1v) is 6.69. The summed E-state index contributed by atoms with van der Waals surface area (Å²) in [6.45, 7) is 0. The Balaban J connectivity index is 2.04. The molecule has 0 aliphatic heterocycles. The Hall–Kier alpha value is -1.19. The van der Waals surface area contributed by atoms with E-state index in [-0.39, 0.29) is 11.9 Å². The SMILES string of the molecule is NNC(Cc1ccc(F)cc1)C1=CCCCCC1. The van der Waals surface area contributed by atoms with Crippen LogP contribution in [0.15, 0.2) is 35.9 Å². The van der Waals surface area contributed by atoms with Crippen LogP contribution in [0.5, 0.6) is 0 Å². The molecule has 0 spiro atoms. The van der Waals surface area contributed by atoms with Gasteiger partial charge in [-0.25, -0.2) is 4.39 Å². The van der Waals surface area contributed by atoms with Gasteiger partial charge in [0.05, 0.1) is 0 Å². The van der Waals surface area contributed by atoms with Gasteiger partial charge in [0.25, 0.3) is 0 Å². The molecule has 1 aliphatic rings. The Morgan fingerprint density at radius 3 is 2.67 bits per heavy atom. The maximum atomic E-state index is 12.9. The highest BCUT2D eigenvalue weighted by molar-refractivity contribution is 5.22. The van der Waals surface area contributed by atoms with Crippen molar-refractivity contribution in [3.8, 4) is 0 Å². The van der Waals surface area contributed by atoms with E-state index < -0.39 is 0 Å². The number of hydrogen-bond donors (Lipinski definition) is 2. The highest BCUT2D eigenvalue weighted by atomic mass is 19.1. The predicted molar refractivity (Wildman–Crippen MR) is 72.4 cm³/mol. The third-order valence-electron chi connectivity index (χ3n) is 3.58. The summed E-state index contributed by atoms with van der Waals surface area (Å²) in [6.07, 6.45) is 9.23. The van der Waals surface area contributed by atoms with Gasteiger partial charge in [0.15, 0.2) is 0 Å². The quantitative estimate of drug-likeness (QED) is 0.488. The number of benzene rings is 1. The molecular formula is C15H21FN2. The van der Waals surface area contributed by atoms with Crippen LogP contribution < -0.4 is 11.3 Å². The number of halogens is 1. The van der Waals surface area contributed by atoms with Gasteiger partial charge in [-0.05, 0) is 49.8 Å². The molecule has 1 unspecified atom stereocenters. The summed E-state index contributed by atoms with van der Waals surface area (Å²) in [5.41, 5.74) is 5.42. The highest BCUT2D eigenvalue weighted by Gasteiger charge is 2.14. The van der Waals surface area contributed by atoms with Crippen molar-refractivity contribution in [3.05, 3.63) is 47.3 Å². The lowest BCUT2D eigenvalue weighted by Crippen LogP contribution is -2.38. The summed E-state index contributed by atoms with van der Waals surface area (Å²) in [5, 5.41) is 0. The van der Waals surface area contributed by atoms with Crippen molar-refractivity contribution in [1.82, 2.24) is 5.43 Å². The molecule has 0 amide bonds. The first-order valence-electron chi connectivity index (χ1n) is 6.69. The van der Waals surface area contributed by atoms with Crippen LogP contribution >= 0.6 is 0 Å². The molecule has 0 heterocycles. The van der Waals surface area contributed by atoms with Gasteiger partial charge in [-0.2, -0.15) is 0 Å². The fourth-order valence-corrected chi connectivity index (χ4v) is 2.51. The molecule has 98 valence electrons. The summed E-state index contributed by atoms with van der Waals surface area (Å²) in [5.74, 6) is 5.48. The molecule has 1 aromatic rings. The van der Waals surface area contributed by atoms with E-state index in [0.717, 1.165) is 24.8 Å². The van der Waals surface area contributed by atoms with Gasteiger partial charge in [-0.1, -0.05) is 30.2 Å². The lowest BCUT2D eigenvalue weighted by Gasteiger charge is -2.19. The van der Waals surface area contributed by atoms with E-state index in [1.807, 2.05) is 12.1 Å². The predicted octanol–water partition coefficient (Wildman–Crippen LogP) is 3.09. The van der Waals surface area contributed by atoms with Crippen molar-refractivity contribution in [2.75, 3.05) is 0 Å². The van der Waals surface area contributed by atoms with Crippen LogP contribution in [0.1, 0.15) is 37.7 Å². The molecule has 2 rings (SSSR count). The van der Waals surface area contributed by atoms with Crippen LogP contribution in [0.25, 0.3) is 0 Å². The van der Waals surface area contributed by atoms with Crippen molar-refractivity contribution in [2.45, 2.75) is 44.6 Å². The number of allylic oxidation sites excluding steroid dienone is 1. The van der Waals surface area contributed by atoms with Gasteiger partial charge >= 0.3 is 0 Å². The zero-order valence-corrected chi connectivity index (χ0v) is 10.7. The minimum Gasteiger partial charge on any atom is -0.271 e. The Morgan fingerprint density at radius 2 is 1.94 bits per heavy atom. The van der Waals surface area contributed by atoms with E-state index in [4.69, 9.17) is 5.84 Å². The Kier molecular flexibility index (Phi) is 4.90. The lowest BCUT2D eigenvalue weighted by atomic mass is 9.96. The Morgan fingerprint density at radius 1 is 1.17 bits per heavy atom. The number of rotatable bonds is 4. The van der Waals surface area contributed by atoms with Crippen LogP contribution in [0.4, 0.5) is 4.39 Å². The molecule has 3 N–H and O–H groups in total. The molecule has 0 saturated heterocycles. The maximum absolute atomic E-state index is 12.9. The topological polar surface area (TPSA) is 38.0 Å². The second-order valence-electron chi connectivity index (χ2n) is 4.93. The third-order valence-corrected chi connectivity index (χ3v) is 3.58. The fraction of sp³-hybridized carbons (Fsp3) is 0.467. The van der Waals surface area contributed by atoms with Gasteiger partial charge < -0.3 is 0 Å². The van der Waals surface area contributed by atoms with Crippen molar-refractivity contribution >= 4 is 0 Å². The molecule has 2 nitrogen and oxygen atoms in total. The van der Waals surface area contributed by atoms with Gasteiger partial charge in [-0.15, -0.1) is 0 Å². The van der Waals surface area contributed by atoms with Crippen LogP contribution in [0, 0.1) is 5.82 Å². The fourth-order valence-electron chi connectivity index (χ4n) is 2.51. The van der Waals surface area contributed by atoms with Crippen molar-refractivity contribution in [1.29, 1.82) is 0 Å².